The van der Waals surface area contributed by atoms with Crippen LogP contribution in [0.3, 0.4) is 0 Å². The molecule has 1 aliphatic heterocycles. The first-order valence-electron chi connectivity index (χ1n) is 6.74. The fourth-order valence-electron chi connectivity index (χ4n) is 2.25. The highest BCUT2D eigenvalue weighted by molar-refractivity contribution is 5.66. The van der Waals surface area contributed by atoms with Gasteiger partial charge in [-0.3, -0.25) is 14.4 Å². The summed E-state index contributed by atoms with van der Waals surface area (Å²) >= 11 is 0. The second kappa shape index (κ2) is 6.68. The van der Waals surface area contributed by atoms with Gasteiger partial charge in [-0.1, -0.05) is 6.92 Å². The molecule has 0 radical (unpaired) electrons. The van der Waals surface area contributed by atoms with Crippen molar-refractivity contribution in [1.82, 2.24) is 14.7 Å². The van der Waals surface area contributed by atoms with Crippen LogP contribution in [0.25, 0.3) is 0 Å². The van der Waals surface area contributed by atoms with Gasteiger partial charge in [0.1, 0.15) is 0 Å². The zero-order valence-corrected chi connectivity index (χ0v) is 11.3. The number of nitrogens with zero attached hydrogens (tertiary/aromatic N) is 3. The van der Waals surface area contributed by atoms with Crippen LogP contribution in [0, 0.1) is 0 Å². The van der Waals surface area contributed by atoms with Crippen LogP contribution in [0.2, 0.25) is 0 Å². The summed E-state index contributed by atoms with van der Waals surface area (Å²) in [4.78, 5) is 12.9. The zero-order valence-electron chi connectivity index (χ0n) is 11.3. The fraction of sp³-hybridized carbons (Fsp3) is 0.692. The second-order valence-corrected chi connectivity index (χ2v) is 4.89. The van der Waals surface area contributed by atoms with Crippen molar-refractivity contribution in [3.8, 4) is 0 Å². The topological polar surface area (TPSA) is 67.6 Å². The first-order chi connectivity index (χ1) is 9.17. The van der Waals surface area contributed by atoms with Gasteiger partial charge in [0.25, 0.3) is 0 Å². The highest BCUT2D eigenvalue weighted by atomic mass is 16.5. The molecule has 0 aliphatic carbocycles. The molecule has 0 spiro atoms. The Morgan fingerprint density at radius 1 is 1.63 bits per heavy atom. The van der Waals surface area contributed by atoms with Crippen molar-refractivity contribution in [1.29, 1.82) is 0 Å². The maximum Gasteiger partial charge on any atom is 0.305 e. The van der Waals surface area contributed by atoms with Gasteiger partial charge in [0.2, 0.25) is 0 Å². The molecule has 1 fully saturated rings. The van der Waals surface area contributed by atoms with Gasteiger partial charge in [0.15, 0.2) is 0 Å². The van der Waals surface area contributed by atoms with Gasteiger partial charge in [-0.15, -0.1) is 0 Å². The summed E-state index contributed by atoms with van der Waals surface area (Å²) in [5.74, 6) is -0.795. The Labute approximate surface area is 113 Å². The van der Waals surface area contributed by atoms with E-state index in [0.717, 1.165) is 38.2 Å². The third-order valence-electron chi connectivity index (χ3n) is 3.33. The van der Waals surface area contributed by atoms with Gasteiger partial charge in [-0.05, 0) is 6.42 Å². The quantitative estimate of drug-likeness (QED) is 0.831. The molecule has 0 aromatic carbocycles. The molecule has 6 heteroatoms. The van der Waals surface area contributed by atoms with E-state index in [0.29, 0.717) is 12.6 Å². The van der Waals surface area contributed by atoms with Crippen molar-refractivity contribution in [2.45, 2.75) is 39.0 Å². The van der Waals surface area contributed by atoms with Crippen LogP contribution >= 0.6 is 0 Å². The molecule has 1 saturated heterocycles. The van der Waals surface area contributed by atoms with Crippen LogP contribution in [-0.2, 0) is 22.6 Å². The highest BCUT2D eigenvalue weighted by Gasteiger charge is 2.19. The van der Waals surface area contributed by atoms with E-state index < -0.39 is 5.97 Å². The van der Waals surface area contributed by atoms with Crippen LogP contribution in [-0.4, -0.2) is 51.6 Å². The van der Waals surface area contributed by atoms with Gasteiger partial charge >= 0.3 is 5.97 Å². The number of ether oxygens (including phenoxy) is 1. The van der Waals surface area contributed by atoms with Gasteiger partial charge in [0, 0.05) is 31.4 Å². The number of carboxylic acids is 1. The maximum atomic E-state index is 10.5. The first-order valence-corrected chi connectivity index (χ1v) is 6.74. The number of hydrogen-bond acceptors (Lipinski definition) is 4. The minimum Gasteiger partial charge on any atom is -0.481 e. The highest BCUT2D eigenvalue weighted by Crippen LogP contribution is 2.12. The van der Waals surface area contributed by atoms with E-state index in [2.05, 4.69) is 16.9 Å². The Kier molecular flexibility index (Phi) is 4.93. The molecule has 0 bridgehead atoms. The Hall–Kier alpha value is -1.40. The molecule has 2 rings (SSSR count). The lowest BCUT2D eigenvalue weighted by atomic mass is 10.2. The number of aliphatic carboxylic acids is 1. The molecule has 1 atom stereocenters. The predicted molar refractivity (Wildman–Crippen MR) is 69.8 cm³/mol. The predicted octanol–water partition coefficient (Wildman–Crippen LogP) is 0.969. The minimum absolute atomic E-state index is 0.108. The number of carbonyl (C=O) groups is 1. The number of morpholine rings is 1. The molecule has 0 saturated carbocycles. The number of rotatable bonds is 6. The summed E-state index contributed by atoms with van der Waals surface area (Å²) in [6, 6.07) is 0. The lowest BCUT2D eigenvalue weighted by Crippen LogP contribution is -2.41. The first kappa shape index (κ1) is 14.0. The standard InChI is InChI=1S/C13H21N3O3/c1-2-12-10-15(5-6-19-12)8-11-7-14-16(9-11)4-3-13(17)18/h7,9,12H,2-6,8,10H2,1H3,(H,17,18)/t12-/m1/s1. The number of hydrogen-bond donors (Lipinski definition) is 1. The maximum absolute atomic E-state index is 10.5. The minimum atomic E-state index is -0.795. The largest absolute Gasteiger partial charge is 0.481 e. The summed E-state index contributed by atoms with van der Waals surface area (Å²) in [5.41, 5.74) is 1.13. The molecule has 1 aliphatic rings. The van der Waals surface area contributed by atoms with Crippen molar-refractivity contribution in [2.75, 3.05) is 19.7 Å². The molecule has 6 nitrogen and oxygen atoms in total. The van der Waals surface area contributed by atoms with E-state index in [-0.39, 0.29) is 6.42 Å². The van der Waals surface area contributed by atoms with Crippen molar-refractivity contribution < 1.29 is 14.6 Å². The molecule has 1 N–H and O–H groups in total. The summed E-state index contributed by atoms with van der Waals surface area (Å²) in [6.07, 6.45) is 5.22. The lowest BCUT2D eigenvalue weighted by Gasteiger charge is -2.32. The van der Waals surface area contributed by atoms with Crippen LogP contribution in [0.15, 0.2) is 12.4 Å². The Morgan fingerprint density at radius 3 is 3.21 bits per heavy atom. The molecule has 1 aromatic heterocycles. The van der Waals surface area contributed by atoms with Crippen molar-refractivity contribution in [2.24, 2.45) is 0 Å². The summed E-state index contributed by atoms with van der Waals surface area (Å²) in [6.45, 7) is 6.10. The van der Waals surface area contributed by atoms with Crippen LogP contribution < -0.4 is 0 Å². The number of aromatic nitrogens is 2. The second-order valence-electron chi connectivity index (χ2n) is 4.89. The van der Waals surface area contributed by atoms with Crippen LogP contribution in [0.1, 0.15) is 25.3 Å². The molecule has 1 aromatic rings. The monoisotopic (exact) mass is 267 g/mol. The van der Waals surface area contributed by atoms with Gasteiger partial charge < -0.3 is 9.84 Å². The van der Waals surface area contributed by atoms with Crippen molar-refractivity contribution in [3.63, 3.8) is 0 Å². The van der Waals surface area contributed by atoms with E-state index >= 15 is 0 Å². The third-order valence-corrected chi connectivity index (χ3v) is 3.33. The molecule has 106 valence electrons. The summed E-state index contributed by atoms with van der Waals surface area (Å²) < 4.78 is 7.33. The smallest absolute Gasteiger partial charge is 0.305 e. The summed E-state index contributed by atoms with van der Waals surface area (Å²) in [5, 5.41) is 12.8. The van der Waals surface area contributed by atoms with Crippen molar-refractivity contribution >= 4 is 5.97 Å². The average Bonchev–Trinajstić information content (AvgIpc) is 2.84. The fourth-order valence-corrected chi connectivity index (χ4v) is 2.25. The van der Waals surface area contributed by atoms with E-state index in [1.165, 1.54) is 0 Å². The van der Waals surface area contributed by atoms with E-state index in [1.807, 2.05) is 12.4 Å². The Bertz CT molecular complexity index is 419. The van der Waals surface area contributed by atoms with Crippen LogP contribution in [0.4, 0.5) is 0 Å². The molecular weight excluding hydrogens is 246 g/mol. The van der Waals surface area contributed by atoms with E-state index in [1.54, 1.807) is 4.68 Å². The van der Waals surface area contributed by atoms with Gasteiger partial charge in [-0.2, -0.15) is 5.10 Å². The Morgan fingerprint density at radius 2 is 2.47 bits per heavy atom. The molecular formula is C13H21N3O3. The normalized spacial score (nSPS) is 20.6. The van der Waals surface area contributed by atoms with Gasteiger partial charge in [-0.25, -0.2) is 0 Å². The van der Waals surface area contributed by atoms with E-state index in [4.69, 9.17) is 9.84 Å². The SMILES string of the molecule is CC[C@@H]1CN(Cc2cnn(CCC(=O)O)c2)CCO1. The lowest BCUT2D eigenvalue weighted by molar-refractivity contribution is -0.137. The van der Waals surface area contributed by atoms with Crippen molar-refractivity contribution in [3.05, 3.63) is 18.0 Å². The summed E-state index contributed by atoms with van der Waals surface area (Å²) in [7, 11) is 0. The number of aryl methyl sites for hydroxylation is 1. The zero-order chi connectivity index (χ0) is 13.7. The van der Waals surface area contributed by atoms with Gasteiger partial charge in [0.05, 0.1) is 31.9 Å². The third kappa shape index (κ3) is 4.33. The molecule has 2 heterocycles. The molecule has 0 amide bonds. The average molecular weight is 267 g/mol. The Balaban J connectivity index is 1.83. The molecule has 19 heavy (non-hydrogen) atoms. The number of carboxylic acid groups (broad SMARTS) is 1. The molecule has 0 unspecified atom stereocenters. The van der Waals surface area contributed by atoms with E-state index in [9.17, 15) is 4.79 Å². The van der Waals surface area contributed by atoms with Crippen LogP contribution in [0.5, 0.6) is 0 Å².